The zero-order chi connectivity index (χ0) is 25.5. The van der Waals surface area contributed by atoms with Gasteiger partial charge in [0.1, 0.15) is 23.0 Å². The Hall–Kier alpha value is -3.51. The molecular formula is C23H24FN3O7S. The Balaban J connectivity index is 1.90. The van der Waals surface area contributed by atoms with Gasteiger partial charge in [-0.15, -0.1) is 0 Å². The molecule has 1 aromatic carbocycles. The first-order valence-corrected chi connectivity index (χ1v) is 12.6. The summed E-state index contributed by atoms with van der Waals surface area (Å²) in [6.07, 6.45) is 1.98. The third-order valence-electron chi connectivity index (χ3n) is 5.76. The molecule has 3 heterocycles. The average Bonchev–Trinajstić information content (AvgIpc) is 2.79. The largest absolute Gasteiger partial charge is 0.505 e. The van der Waals surface area contributed by atoms with Crippen molar-refractivity contribution < 1.29 is 32.2 Å². The molecule has 186 valence electrons. The molecule has 2 aromatic heterocycles. The maximum absolute atomic E-state index is 13.4. The molecule has 12 heteroatoms. The lowest BCUT2D eigenvalue weighted by Gasteiger charge is -2.31. The molecule has 0 saturated heterocycles. The Bertz CT molecular complexity index is 1470. The van der Waals surface area contributed by atoms with Crippen molar-refractivity contribution in [3.63, 3.8) is 0 Å². The number of aromatic nitrogens is 2. The zero-order valence-electron chi connectivity index (χ0n) is 19.3. The molecule has 0 fully saturated rings. The number of carbonyl (C=O) groups excluding carboxylic acids is 1. The first-order valence-electron chi connectivity index (χ1n) is 10.8. The van der Waals surface area contributed by atoms with Gasteiger partial charge in [0.05, 0.1) is 26.0 Å². The lowest BCUT2D eigenvalue weighted by atomic mass is 10.0. The van der Waals surface area contributed by atoms with Gasteiger partial charge in [0.2, 0.25) is 10.0 Å². The van der Waals surface area contributed by atoms with E-state index in [0.29, 0.717) is 5.56 Å². The third-order valence-corrected chi connectivity index (χ3v) is 7.04. The van der Waals surface area contributed by atoms with Crippen molar-refractivity contribution in [1.82, 2.24) is 13.9 Å². The highest BCUT2D eigenvalue weighted by Gasteiger charge is 2.33. The lowest BCUT2D eigenvalue weighted by Crippen LogP contribution is -2.44. The lowest BCUT2D eigenvalue weighted by molar-refractivity contribution is 0.0519. The van der Waals surface area contributed by atoms with Crippen LogP contribution in [0.3, 0.4) is 0 Å². The quantitative estimate of drug-likeness (QED) is 0.480. The molecule has 1 aliphatic rings. The summed E-state index contributed by atoms with van der Waals surface area (Å²) in [6.45, 7) is 1.41. The van der Waals surface area contributed by atoms with Crippen LogP contribution in [0.4, 0.5) is 4.39 Å². The molecule has 1 N–H and O–H groups in total. The van der Waals surface area contributed by atoms with E-state index in [4.69, 9.17) is 9.47 Å². The molecule has 1 atom stereocenters. The molecular weight excluding hydrogens is 481 g/mol. The topological polar surface area (TPSA) is 128 Å². The Labute approximate surface area is 200 Å². The van der Waals surface area contributed by atoms with Crippen LogP contribution >= 0.6 is 0 Å². The fourth-order valence-corrected chi connectivity index (χ4v) is 4.40. The van der Waals surface area contributed by atoms with Crippen molar-refractivity contribution in [2.24, 2.45) is 0 Å². The number of sulfonamides is 1. The predicted molar refractivity (Wildman–Crippen MR) is 125 cm³/mol. The van der Waals surface area contributed by atoms with Gasteiger partial charge >= 0.3 is 5.97 Å². The van der Waals surface area contributed by atoms with Gasteiger partial charge in [-0.2, -0.15) is 0 Å². The summed E-state index contributed by atoms with van der Waals surface area (Å²) in [5.41, 5.74) is 0.0714. The van der Waals surface area contributed by atoms with Crippen molar-refractivity contribution in [3.8, 4) is 11.5 Å². The van der Waals surface area contributed by atoms with Crippen molar-refractivity contribution in [2.45, 2.75) is 26.0 Å². The SMILES string of the molecule is CCOC(=O)c1c(O)c2ncc(Cc3ccc(F)cc3)c3c2n(c1=O)C[C@@H](CN(C)S(C)(=O)=O)O3. The first kappa shape index (κ1) is 24.6. The van der Waals surface area contributed by atoms with E-state index < -0.39 is 44.8 Å². The minimum absolute atomic E-state index is 0.00404. The van der Waals surface area contributed by atoms with E-state index in [1.807, 2.05) is 0 Å². The number of hydrogen-bond acceptors (Lipinski definition) is 8. The molecule has 35 heavy (non-hydrogen) atoms. The van der Waals surface area contributed by atoms with Gasteiger partial charge < -0.3 is 14.6 Å². The van der Waals surface area contributed by atoms with E-state index in [-0.39, 0.29) is 42.9 Å². The number of nitrogens with zero attached hydrogens (tertiary/aromatic N) is 3. The van der Waals surface area contributed by atoms with Crippen LogP contribution in [0.2, 0.25) is 0 Å². The number of pyridine rings is 2. The number of carbonyl (C=O) groups is 1. The second-order valence-electron chi connectivity index (χ2n) is 8.26. The second kappa shape index (κ2) is 9.27. The number of likely N-dealkylation sites (N-methyl/N-ethyl adjacent to an activating group) is 1. The summed E-state index contributed by atoms with van der Waals surface area (Å²) in [7, 11) is -2.15. The minimum atomic E-state index is -3.54. The van der Waals surface area contributed by atoms with E-state index in [1.54, 1.807) is 19.1 Å². The van der Waals surface area contributed by atoms with Crippen LogP contribution < -0.4 is 10.3 Å². The molecule has 0 spiro atoms. The number of benzene rings is 1. The Kier molecular flexibility index (Phi) is 6.52. The highest BCUT2D eigenvalue weighted by molar-refractivity contribution is 7.88. The fourth-order valence-electron chi connectivity index (χ4n) is 3.97. The molecule has 1 aliphatic heterocycles. The molecule has 0 amide bonds. The van der Waals surface area contributed by atoms with Crippen LogP contribution in [-0.4, -0.2) is 65.9 Å². The van der Waals surface area contributed by atoms with Gasteiger partial charge in [0.15, 0.2) is 17.1 Å². The third kappa shape index (κ3) is 4.71. The highest BCUT2D eigenvalue weighted by Crippen LogP contribution is 2.38. The minimum Gasteiger partial charge on any atom is -0.505 e. The van der Waals surface area contributed by atoms with E-state index >= 15 is 0 Å². The zero-order valence-corrected chi connectivity index (χ0v) is 20.1. The van der Waals surface area contributed by atoms with Crippen molar-refractivity contribution in [2.75, 3.05) is 26.5 Å². The second-order valence-corrected chi connectivity index (χ2v) is 10.3. The molecule has 0 aliphatic carbocycles. The summed E-state index contributed by atoms with van der Waals surface area (Å²) in [5, 5.41) is 10.8. The molecule has 3 aromatic rings. The number of hydrogen-bond donors (Lipinski definition) is 1. The predicted octanol–water partition coefficient (Wildman–Crippen LogP) is 1.66. The Morgan fingerprint density at radius 1 is 1.34 bits per heavy atom. The van der Waals surface area contributed by atoms with Crippen LogP contribution in [-0.2, 0) is 27.7 Å². The van der Waals surface area contributed by atoms with Crippen molar-refractivity contribution >= 4 is 27.0 Å². The number of esters is 1. The molecule has 0 bridgehead atoms. The number of rotatable bonds is 7. The molecule has 0 unspecified atom stereocenters. The first-order chi connectivity index (χ1) is 16.5. The molecule has 10 nitrogen and oxygen atoms in total. The van der Waals surface area contributed by atoms with Gasteiger partial charge in [-0.3, -0.25) is 14.3 Å². The standard InChI is InChI=1S/C23H24FN3O7S/c1-4-33-23(30)17-20(28)18-19-21(14(10-25-18)9-13-5-7-15(24)8-6-13)34-16(12-27(19)22(17)29)11-26(2)35(3,31)32/h5-8,10,16,28H,4,9,11-12H2,1-3H3/t16-/m1/s1. The number of ether oxygens (including phenoxy) is 2. The van der Waals surface area contributed by atoms with E-state index in [0.717, 1.165) is 16.1 Å². The van der Waals surface area contributed by atoms with Crippen LogP contribution in [0.1, 0.15) is 28.4 Å². The number of halogens is 1. The van der Waals surface area contributed by atoms with Gasteiger partial charge in [0, 0.05) is 25.2 Å². The van der Waals surface area contributed by atoms with Gasteiger partial charge in [-0.05, 0) is 24.6 Å². The summed E-state index contributed by atoms with van der Waals surface area (Å²) in [4.78, 5) is 30.1. The summed E-state index contributed by atoms with van der Waals surface area (Å²) in [6, 6.07) is 5.82. The average molecular weight is 506 g/mol. The normalized spacial score (nSPS) is 15.3. The number of aromatic hydroxyl groups is 1. The monoisotopic (exact) mass is 505 g/mol. The van der Waals surface area contributed by atoms with Gasteiger partial charge in [0.25, 0.3) is 5.56 Å². The molecule has 0 saturated carbocycles. The summed E-state index contributed by atoms with van der Waals surface area (Å²) >= 11 is 0. The molecule has 4 rings (SSSR count). The maximum atomic E-state index is 13.4. The van der Waals surface area contributed by atoms with E-state index in [9.17, 15) is 27.5 Å². The van der Waals surface area contributed by atoms with Gasteiger partial charge in [-0.1, -0.05) is 12.1 Å². The maximum Gasteiger partial charge on any atom is 0.347 e. The molecule has 0 radical (unpaired) electrons. The smallest absolute Gasteiger partial charge is 0.347 e. The van der Waals surface area contributed by atoms with Crippen LogP contribution in [0.25, 0.3) is 11.0 Å². The van der Waals surface area contributed by atoms with E-state index in [1.165, 1.54) is 29.9 Å². The van der Waals surface area contributed by atoms with Crippen molar-refractivity contribution in [3.05, 3.63) is 63.3 Å². The highest BCUT2D eigenvalue weighted by atomic mass is 32.2. The Morgan fingerprint density at radius 3 is 2.66 bits per heavy atom. The van der Waals surface area contributed by atoms with Gasteiger partial charge in [-0.25, -0.2) is 21.9 Å². The summed E-state index contributed by atoms with van der Waals surface area (Å²) in [5.74, 6) is -1.78. The van der Waals surface area contributed by atoms with Crippen LogP contribution in [0, 0.1) is 5.82 Å². The van der Waals surface area contributed by atoms with Crippen molar-refractivity contribution in [1.29, 1.82) is 0 Å². The fraction of sp³-hybridized carbons (Fsp3) is 0.348. The van der Waals surface area contributed by atoms with Crippen LogP contribution in [0.5, 0.6) is 11.5 Å². The Morgan fingerprint density at radius 2 is 2.03 bits per heavy atom. The summed E-state index contributed by atoms with van der Waals surface area (Å²) < 4.78 is 50.7. The van der Waals surface area contributed by atoms with Crippen LogP contribution in [0.15, 0.2) is 35.3 Å². The van der Waals surface area contributed by atoms with E-state index in [2.05, 4.69) is 4.98 Å².